The molecule has 2 aromatic rings. The molecule has 0 spiro atoms. The molecule has 0 saturated carbocycles. The summed E-state index contributed by atoms with van der Waals surface area (Å²) in [5.74, 6) is 0. The van der Waals surface area contributed by atoms with Crippen LogP contribution in [0, 0.1) is 0 Å². The maximum Gasteiger partial charge on any atom is 0.240 e. The summed E-state index contributed by atoms with van der Waals surface area (Å²) in [5, 5.41) is 8.91. The minimum absolute atomic E-state index is 0.117. The first kappa shape index (κ1) is 14.9. The lowest BCUT2D eigenvalue weighted by Gasteiger charge is -2.13. The second kappa shape index (κ2) is 5.49. The second-order valence-corrected chi connectivity index (χ2v) is 6.42. The van der Waals surface area contributed by atoms with Crippen molar-refractivity contribution in [3.63, 3.8) is 0 Å². The minimum Gasteiger partial charge on any atom is -0.399 e. The number of hydrogen-bond donors (Lipinski definition) is 3. The van der Waals surface area contributed by atoms with Crippen molar-refractivity contribution in [3.05, 3.63) is 46.4 Å². The summed E-state index contributed by atoms with van der Waals surface area (Å²) in [4.78, 5) is -0.117. The van der Waals surface area contributed by atoms with Crippen molar-refractivity contribution in [2.75, 3.05) is 11.1 Å². The van der Waals surface area contributed by atoms with Crippen LogP contribution >= 0.6 is 23.2 Å². The maximum atomic E-state index is 11.6. The molecule has 8 heteroatoms. The van der Waals surface area contributed by atoms with Gasteiger partial charge < -0.3 is 11.1 Å². The molecule has 0 atom stereocenters. The Kier molecular flexibility index (Phi) is 4.10. The smallest absolute Gasteiger partial charge is 0.240 e. The lowest BCUT2D eigenvalue weighted by Crippen LogP contribution is -2.14. The van der Waals surface area contributed by atoms with Crippen molar-refractivity contribution >= 4 is 50.3 Å². The predicted octanol–water partition coefficient (Wildman–Crippen LogP) is 2.97. The van der Waals surface area contributed by atoms with Crippen molar-refractivity contribution < 1.29 is 8.42 Å². The quantitative estimate of drug-likeness (QED) is 0.753. The summed E-state index contributed by atoms with van der Waals surface area (Å²) in [6.45, 7) is 0. The van der Waals surface area contributed by atoms with Gasteiger partial charge in [-0.25, -0.2) is 13.6 Å². The van der Waals surface area contributed by atoms with E-state index in [2.05, 4.69) is 5.32 Å². The predicted molar refractivity (Wildman–Crippen MR) is 82.0 cm³/mol. The Morgan fingerprint density at radius 2 is 1.70 bits per heavy atom. The maximum absolute atomic E-state index is 11.6. The molecule has 0 aromatic heterocycles. The molecule has 0 fully saturated rings. The van der Waals surface area contributed by atoms with Gasteiger partial charge >= 0.3 is 0 Å². The van der Waals surface area contributed by atoms with Crippen LogP contribution in [0.5, 0.6) is 0 Å². The Bertz CT molecular complexity index is 763. The lowest BCUT2D eigenvalue weighted by atomic mass is 10.2. The number of sulfonamides is 1. The zero-order valence-electron chi connectivity index (χ0n) is 10.1. The number of nitrogens with one attached hydrogen (secondary N) is 1. The van der Waals surface area contributed by atoms with E-state index < -0.39 is 10.0 Å². The number of anilines is 3. The number of hydrogen-bond acceptors (Lipinski definition) is 4. The molecule has 106 valence electrons. The zero-order chi connectivity index (χ0) is 14.9. The SMILES string of the molecule is Nc1ccc(Nc2cc(Cl)ccc2Cl)c(S(N)(=O)=O)c1. The molecule has 0 saturated heterocycles. The van der Waals surface area contributed by atoms with E-state index in [1.54, 1.807) is 24.3 Å². The zero-order valence-corrected chi connectivity index (χ0v) is 12.4. The molecule has 0 heterocycles. The van der Waals surface area contributed by atoms with Gasteiger partial charge in [0.1, 0.15) is 4.90 Å². The Balaban J connectivity index is 2.52. The fourth-order valence-corrected chi connectivity index (χ4v) is 2.68. The highest BCUT2D eigenvalue weighted by atomic mass is 35.5. The van der Waals surface area contributed by atoms with Gasteiger partial charge in [0.25, 0.3) is 0 Å². The topological polar surface area (TPSA) is 98.2 Å². The van der Waals surface area contributed by atoms with Crippen molar-refractivity contribution in [2.24, 2.45) is 5.14 Å². The second-order valence-electron chi connectivity index (χ2n) is 4.05. The standard InChI is InChI=1S/C12H11Cl2N3O2S/c13-7-1-3-9(14)11(5-7)17-10-4-2-8(15)6-12(10)20(16,18)19/h1-6,17H,15H2,(H2,16,18,19). The van der Waals surface area contributed by atoms with Crippen molar-refractivity contribution in [3.8, 4) is 0 Å². The first-order valence-electron chi connectivity index (χ1n) is 5.42. The monoisotopic (exact) mass is 331 g/mol. The van der Waals surface area contributed by atoms with E-state index in [-0.39, 0.29) is 16.3 Å². The number of halogens is 2. The Labute approximate surface area is 126 Å². The third-order valence-electron chi connectivity index (χ3n) is 2.51. The molecule has 0 unspecified atom stereocenters. The first-order valence-corrected chi connectivity index (χ1v) is 7.72. The largest absolute Gasteiger partial charge is 0.399 e. The van der Waals surface area contributed by atoms with Crippen LogP contribution in [0.4, 0.5) is 17.1 Å². The number of benzene rings is 2. The van der Waals surface area contributed by atoms with E-state index >= 15 is 0 Å². The third kappa shape index (κ3) is 3.34. The van der Waals surface area contributed by atoms with Gasteiger partial charge in [0.05, 0.1) is 16.4 Å². The third-order valence-corrected chi connectivity index (χ3v) is 4.03. The number of primary sulfonamides is 1. The fourth-order valence-electron chi connectivity index (χ4n) is 1.62. The molecule has 2 aromatic carbocycles. The fraction of sp³-hybridized carbons (Fsp3) is 0. The van der Waals surface area contributed by atoms with Crippen LogP contribution in [0.15, 0.2) is 41.3 Å². The summed E-state index contributed by atoms with van der Waals surface area (Å²) in [6, 6.07) is 9.13. The molecular weight excluding hydrogens is 321 g/mol. The summed E-state index contributed by atoms with van der Waals surface area (Å²) < 4.78 is 23.1. The normalized spacial score (nSPS) is 11.3. The van der Waals surface area contributed by atoms with Crippen LogP contribution in [0.1, 0.15) is 0 Å². The van der Waals surface area contributed by atoms with Crippen LogP contribution in [0.2, 0.25) is 10.0 Å². The van der Waals surface area contributed by atoms with Crippen molar-refractivity contribution in [1.82, 2.24) is 0 Å². The molecule has 2 rings (SSSR count). The summed E-state index contributed by atoms with van der Waals surface area (Å²) >= 11 is 11.9. The van der Waals surface area contributed by atoms with E-state index in [1.807, 2.05) is 0 Å². The van der Waals surface area contributed by atoms with Crippen LogP contribution < -0.4 is 16.2 Å². The number of rotatable bonds is 3. The molecule has 20 heavy (non-hydrogen) atoms. The molecular formula is C12H11Cl2N3O2S. The van der Waals surface area contributed by atoms with Gasteiger partial charge in [-0.1, -0.05) is 23.2 Å². The van der Waals surface area contributed by atoms with Crippen LogP contribution in [-0.2, 0) is 10.0 Å². The van der Waals surface area contributed by atoms with Gasteiger partial charge in [-0.15, -0.1) is 0 Å². The van der Waals surface area contributed by atoms with Gasteiger partial charge in [0.15, 0.2) is 0 Å². The molecule has 5 nitrogen and oxygen atoms in total. The van der Waals surface area contributed by atoms with Gasteiger partial charge in [0.2, 0.25) is 10.0 Å². The molecule has 0 aliphatic heterocycles. The molecule has 0 amide bonds. The van der Waals surface area contributed by atoms with E-state index in [0.29, 0.717) is 15.7 Å². The van der Waals surface area contributed by atoms with E-state index in [9.17, 15) is 8.42 Å². The van der Waals surface area contributed by atoms with E-state index in [4.69, 9.17) is 34.1 Å². The Morgan fingerprint density at radius 1 is 1.00 bits per heavy atom. The average molecular weight is 332 g/mol. The summed E-state index contributed by atoms with van der Waals surface area (Å²) in [7, 11) is -3.92. The molecule has 0 aliphatic carbocycles. The molecule has 0 radical (unpaired) electrons. The number of nitrogens with two attached hydrogens (primary N) is 2. The highest BCUT2D eigenvalue weighted by molar-refractivity contribution is 7.89. The van der Waals surface area contributed by atoms with Gasteiger partial charge in [0, 0.05) is 10.7 Å². The van der Waals surface area contributed by atoms with Gasteiger partial charge in [-0.05, 0) is 36.4 Å². The highest BCUT2D eigenvalue weighted by Crippen LogP contribution is 2.31. The van der Waals surface area contributed by atoms with Gasteiger partial charge in [-0.2, -0.15) is 0 Å². The average Bonchev–Trinajstić information content (AvgIpc) is 2.34. The molecule has 5 N–H and O–H groups in total. The van der Waals surface area contributed by atoms with E-state index in [0.717, 1.165) is 0 Å². The van der Waals surface area contributed by atoms with E-state index in [1.165, 1.54) is 12.1 Å². The molecule has 0 bridgehead atoms. The van der Waals surface area contributed by atoms with Gasteiger partial charge in [-0.3, -0.25) is 0 Å². The first-order chi connectivity index (χ1) is 9.27. The Hall–Kier alpha value is -1.47. The van der Waals surface area contributed by atoms with Crippen LogP contribution in [0.25, 0.3) is 0 Å². The molecule has 0 aliphatic rings. The lowest BCUT2D eigenvalue weighted by molar-refractivity contribution is 0.598. The van der Waals surface area contributed by atoms with Crippen LogP contribution in [0.3, 0.4) is 0 Å². The highest BCUT2D eigenvalue weighted by Gasteiger charge is 2.15. The minimum atomic E-state index is -3.92. The summed E-state index contributed by atoms with van der Waals surface area (Å²) in [6.07, 6.45) is 0. The van der Waals surface area contributed by atoms with Crippen molar-refractivity contribution in [1.29, 1.82) is 0 Å². The van der Waals surface area contributed by atoms with Crippen LogP contribution in [-0.4, -0.2) is 8.42 Å². The summed E-state index contributed by atoms with van der Waals surface area (Å²) in [5.41, 5.74) is 6.60. The number of nitrogen functional groups attached to an aromatic ring is 1. The van der Waals surface area contributed by atoms with Crippen molar-refractivity contribution in [2.45, 2.75) is 4.90 Å². The Morgan fingerprint density at radius 3 is 2.35 bits per heavy atom.